The van der Waals surface area contributed by atoms with Crippen molar-refractivity contribution in [1.29, 1.82) is 0 Å². The predicted octanol–water partition coefficient (Wildman–Crippen LogP) is 2.29. The van der Waals surface area contributed by atoms with Crippen LogP contribution in [0.4, 0.5) is 5.00 Å². The topological polar surface area (TPSA) is 106 Å². The molecule has 142 valence electrons. The zero-order chi connectivity index (χ0) is 19.9. The number of nitrogens with one attached hydrogen (secondary N) is 2. The lowest BCUT2D eigenvalue weighted by Crippen LogP contribution is -2.19. The third-order valence-electron chi connectivity index (χ3n) is 4.57. The number of rotatable bonds is 4. The first-order valence-electron chi connectivity index (χ1n) is 8.29. The van der Waals surface area contributed by atoms with E-state index in [1.807, 2.05) is 20.8 Å². The molecule has 27 heavy (non-hydrogen) atoms. The van der Waals surface area contributed by atoms with Crippen molar-refractivity contribution in [3.63, 3.8) is 0 Å². The first-order chi connectivity index (χ1) is 12.7. The van der Waals surface area contributed by atoms with Crippen LogP contribution in [0.1, 0.15) is 37.7 Å². The average Bonchev–Trinajstić information content (AvgIpc) is 3.10. The van der Waals surface area contributed by atoms with Gasteiger partial charge in [-0.15, -0.1) is 11.3 Å². The number of carbonyl (C=O) groups excluding carboxylic acids is 2. The highest BCUT2D eigenvalue weighted by Gasteiger charge is 2.22. The number of hydrogen-bond acceptors (Lipinski definition) is 6. The molecule has 0 atom stereocenters. The molecule has 0 bridgehead atoms. The van der Waals surface area contributed by atoms with Gasteiger partial charge in [-0.05, 0) is 33.3 Å². The summed E-state index contributed by atoms with van der Waals surface area (Å²) in [4.78, 5) is 41.6. The van der Waals surface area contributed by atoms with Crippen LogP contribution in [0.5, 0.6) is 0 Å². The third kappa shape index (κ3) is 3.37. The molecule has 0 saturated heterocycles. The smallest absolute Gasteiger partial charge is 0.341 e. The number of carbonyl (C=O) groups is 2. The maximum Gasteiger partial charge on any atom is 0.341 e. The third-order valence-corrected chi connectivity index (χ3v) is 5.69. The summed E-state index contributed by atoms with van der Waals surface area (Å²) in [6, 6.07) is 1.41. The van der Waals surface area contributed by atoms with E-state index in [9.17, 15) is 14.4 Å². The van der Waals surface area contributed by atoms with Gasteiger partial charge in [0.2, 0.25) is 5.91 Å². The minimum absolute atomic E-state index is 0.0669. The molecule has 3 aromatic heterocycles. The summed E-state index contributed by atoms with van der Waals surface area (Å²) in [5, 5.41) is 5.95. The number of aromatic nitrogens is 3. The fourth-order valence-corrected chi connectivity index (χ4v) is 4.07. The van der Waals surface area contributed by atoms with Crippen LogP contribution in [-0.4, -0.2) is 33.6 Å². The van der Waals surface area contributed by atoms with Gasteiger partial charge in [0.15, 0.2) is 5.65 Å². The van der Waals surface area contributed by atoms with Crippen LogP contribution >= 0.6 is 11.3 Å². The molecular formula is C18H20N4O4S. The van der Waals surface area contributed by atoms with E-state index in [1.165, 1.54) is 24.5 Å². The van der Waals surface area contributed by atoms with Crippen molar-refractivity contribution in [2.75, 3.05) is 12.4 Å². The first kappa shape index (κ1) is 18.8. The molecule has 9 heteroatoms. The summed E-state index contributed by atoms with van der Waals surface area (Å²) in [5.74, 6) is -0.754. The Labute approximate surface area is 159 Å². The van der Waals surface area contributed by atoms with E-state index in [2.05, 4.69) is 15.4 Å². The van der Waals surface area contributed by atoms with Gasteiger partial charge in [0, 0.05) is 27.9 Å². The second-order valence-corrected chi connectivity index (χ2v) is 7.50. The number of hydrogen-bond donors (Lipinski definition) is 2. The van der Waals surface area contributed by atoms with Gasteiger partial charge >= 0.3 is 5.97 Å². The van der Waals surface area contributed by atoms with Crippen LogP contribution in [0.25, 0.3) is 5.65 Å². The van der Waals surface area contributed by atoms with E-state index in [-0.39, 0.29) is 17.9 Å². The molecular weight excluding hydrogens is 368 g/mol. The minimum Gasteiger partial charge on any atom is -0.465 e. The molecule has 0 aliphatic carbocycles. The molecule has 0 aromatic carbocycles. The Kier molecular flexibility index (Phi) is 4.88. The Hall–Kier alpha value is -2.94. The molecule has 3 aromatic rings. The Balaban J connectivity index is 1.91. The average molecular weight is 388 g/mol. The zero-order valence-electron chi connectivity index (χ0n) is 15.7. The lowest BCUT2D eigenvalue weighted by molar-refractivity contribution is -0.115. The maximum absolute atomic E-state index is 12.6. The summed E-state index contributed by atoms with van der Waals surface area (Å²) in [7, 11) is 1.31. The number of anilines is 1. The van der Waals surface area contributed by atoms with E-state index in [0.717, 1.165) is 21.7 Å². The lowest BCUT2D eigenvalue weighted by atomic mass is 10.1. The molecule has 0 aliphatic rings. The summed E-state index contributed by atoms with van der Waals surface area (Å²) >= 11 is 1.34. The summed E-state index contributed by atoms with van der Waals surface area (Å²) in [6.07, 6.45) is 0.0669. The van der Waals surface area contributed by atoms with Gasteiger partial charge in [0.25, 0.3) is 5.56 Å². The van der Waals surface area contributed by atoms with Crippen molar-refractivity contribution in [2.45, 2.75) is 34.1 Å². The molecule has 8 nitrogen and oxygen atoms in total. The number of methoxy groups -OCH3 is 1. The van der Waals surface area contributed by atoms with Crippen molar-refractivity contribution >= 4 is 33.9 Å². The van der Waals surface area contributed by atoms with E-state index >= 15 is 0 Å². The number of fused-ring (bicyclic) bond motifs is 1. The molecule has 1 amide bonds. The van der Waals surface area contributed by atoms with Crippen LogP contribution in [0.3, 0.4) is 0 Å². The van der Waals surface area contributed by atoms with Gasteiger partial charge in [-0.3, -0.25) is 14.7 Å². The largest absolute Gasteiger partial charge is 0.465 e. The molecule has 0 unspecified atom stereocenters. The van der Waals surface area contributed by atoms with Crippen molar-refractivity contribution < 1.29 is 14.3 Å². The molecule has 3 heterocycles. The number of amides is 1. The quantitative estimate of drug-likeness (QED) is 0.667. The second-order valence-electron chi connectivity index (χ2n) is 6.28. The minimum atomic E-state index is -0.479. The molecule has 2 N–H and O–H groups in total. The Morgan fingerprint density at radius 1 is 1.30 bits per heavy atom. The number of nitrogens with zero attached hydrogens (tertiary/aromatic N) is 2. The van der Waals surface area contributed by atoms with Crippen LogP contribution in [-0.2, 0) is 16.0 Å². The highest BCUT2D eigenvalue weighted by Crippen LogP contribution is 2.33. The number of aryl methyl sites for hydroxylation is 3. The van der Waals surface area contributed by atoms with E-state index in [4.69, 9.17) is 4.74 Å². The normalized spacial score (nSPS) is 11.0. The lowest BCUT2D eigenvalue weighted by Gasteiger charge is -2.12. The predicted molar refractivity (Wildman–Crippen MR) is 103 cm³/mol. The second kappa shape index (κ2) is 6.99. The molecule has 0 radical (unpaired) electrons. The summed E-state index contributed by atoms with van der Waals surface area (Å²) in [5.41, 5.74) is 3.56. The summed E-state index contributed by atoms with van der Waals surface area (Å²) in [6.45, 7) is 7.32. The van der Waals surface area contributed by atoms with Crippen molar-refractivity contribution in [3.8, 4) is 0 Å². The van der Waals surface area contributed by atoms with Gasteiger partial charge in [-0.1, -0.05) is 0 Å². The van der Waals surface area contributed by atoms with Crippen LogP contribution in [0.15, 0.2) is 10.9 Å². The highest BCUT2D eigenvalue weighted by atomic mass is 32.1. The maximum atomic E-state index is 12.6. The number of thiophene rings is 1. The van der Waals surface area contributed by atoms with E-state index < -0.39 is 5.97 Å². The molecule has 0 aliphatic heterocycles. The Morgan fingerprint density at radius 3 is 2.67 bits per heavy atom. The first-order valence-corrected chi connectivity index (χ1v) is 9.10. The van der Waals surface area contributed by atoms with Gasteiger partial charge in [-0.25, -0.2) is 14.3 Å². The van der Waals surface area contributed by atoms with E-state index in [1.54, 1.807) is 11.4 Å². The molecule has 0 spiro atoms. The van der Waals surface area contributed by atoms with Gasteiger partial charge in [0.05, 0.1) is 19.1 Å². The molecule has 0 saturated carbocycles. The van der Waals surface area contributed by atoms with Gasteiger partial charge in [-0.2, -0.15) is 0 Å². The number of H-pyrrole nitrogens is 1. The van der Waals surface area contributed by atoms with E-state index in [0.29, 0.717) is 21.9 Å². The zero-order valence-corrected chi connectivity index (χ0v) is 16.5. The molecule has 3 rings (SSSR count). The standard InChI is InChI=1S/C18H20N4O4S/c1-8-11(4)27-17(16(8)18(25)26-5)20-14(23)6-12-9(2)19-13-7-15(24)21-22(13)10(12)3/h7H,6H2,1-5H3,(H,20,23)(H,21,24). The number of aromatic amines is 1. The van der Waals surface area contributed by atoms with Crippen LogP contribution in [0.2, 0.25) is 0 Å². The van der Waals surface area contributed by atoms with Crippen molar-refractivity contribution in [3.05, 3.63) is 49.4 Å². The number of esters is 1. The molecule has 0 fully saturated rings. The van der Waals surface area contributed by atoms with Crippen molar-refractivity contribution in [1.82, 2.24) is 14.6 Å². The Bertz CT molecular complexity index is 1120. The highest BCUT2D eigenvalue weighted by molar-refractivity contribution is 7.16. The SMILES string of the molecule is COC(=O)c1c(NC(=O)Cc2c(C)nc3cc(=O)[nH]n3c2C)sc(C)c1C. The van der Waals surface area contributed by atoms with Gasteiger partial charge < -0.3 is 10.1 Å². The van der Waals surface area contributed by atoms with Gasteiger partial charge in [0.1, 0.15) is 5.00 Å². The monoisotopic (exact) mass is 388 g/mol. The summed E-state index contributed by atoms with van der Waals surface area (Å²) < 4.78 is 6.40. The van der Waals surface area contributed by atoms with Crippen LogP contribution < -0.4 is 10.9 Å². The van der Waals surface area contributed by atoms with Crippen molar-refractivity contribution in [2.24, 2.45) is 0 Å². The number of ether oxygens (including phenoxy) is 1. The van der Waals surface area contributed by atoms with Crippen LogP contribution in [0, 0.1) is 27.7 Å². The Morgan fingerprint density at radius 2 is 2.00 bits per heavy atom. The fraction of sp³-hybridized carbons (Fsp3) is 0.333. The fourth-order valence-electron chi connectivity index (χ4n) is 3.01.